The van der Waals surface area contributed by atoms with Gasteiger partial charge in [-0.2, -0.15) is 21.0 Å². The van der Waals surface area contributed by atoms with Gasteiger partial charge in [0.2, 0.25) is 0 Å². The van der Waals surface area contributed by atoms with Gasteiger partial charge in [0, 0.05) is 11.8 Å². The van der Waals surface area contributed by atoms with E-state index in [0.29, 0.717) is 11.8 Å². The van der Waals surface area contributed by atoms with Gasteiger partial charge < -0.3 is 0 Å². The van der Waals surface area contributed by atoms with Gasteiger partial charge >= 0.3 is 0 Å². The highest BCUT2D eigenvalue weighted by Crippen LogP contribution is 2.92. The van der Waals surface area contributed by atoms with Crippen LogP contribution in [-0.2, 0) is 0 Å². The van der Waals surface area contributed by atoms with Crippen LogP contribution in [0.2, 0.25) is 0 Å². The summed E-state index contributed by atoms with van der Waals surface area (Å²) in [7, 11) is 0. The molecule has 0 heterocycles. The van der Waals surface area contributed by atoms with Crippen molar-refractivity contribution in [2.45, 2.75) is 32.1 Å². The second-order valence-corrected chi connectivity index (χ2v) is 8.21. The molecule has 2 bridgehead atoms. The first-order valence-electron chi connectivity index (χ1n) is 8.47. The third-order valence-electron chi connectivity index (χ3n) is 7.80. The Morgan fingerprint density at radius 1 is 0.652 bits per heavy atom. The third-order valence-corrected chi connectivity index (χ3v) is 7.80. The summed E-state index contributed by atoms with van der Waals surface area (Å²) < 4.78 is 0. The lowest BCUT2D eigenvalue weighted by Crippen LogP contribution is -2.41. The molecule has 0 aliphatic heterocycles. The molecule has 2 atom stereocenters. The van der Waals surface area contributed by atoms with Gasteiger partial charge in [0.1, 0.15) is 0 Å². The fraction of sp³-hybridized carbons (Fsp3) is 0.684. The normalized spacial score (nSPS) is 42.4. The lowest BCUT2D eigenvalue weighted by molar-refractivity contribution is 0.199. The monoisotopic (exact) mass is 300 g/mol. The molecule has 2 unspecified atom stereocenters. The Morgan fingerprint density at radius 2 is 1.04 bits per heavy atom. The second-order valence-electron chi connectivity index (χ2n) is 8.21. The minimum Gasteiger partial charge on any atom is -0.196 e. The van der Waals surface area contributed by atoms with E-state index in [4.69, 9.17) is 0 Å². The number of nitrogens with zero attached hydrogens (tertiary/aromatic N) is 4. The molecule has 0 aromatic rings. The van der Waals surface area contributed by atoms with E-state index >= 15 is 0 Å². The van der Waals surface area contributed by atoms with Gasteiger partial charge in [0.05, 0.1) is 24.3 Å². The first-order chi connectivity index (χ1) is 11.1. The van der Waals surface area contributed by atoms with Gasteiger partial charge in [-0.3, -0.25) is 0 Å². The van der Waals surface area contributed by atoms with E-state index in [9.17, 15) is 21.0 Å². The number of allylic oxidation sites excluding steroid dienone is 2. The van der Waals surface area contributed by atoms with E-state index in [2.05, 4.69) is 24.3 Å². The average molecular weight is 300 g/mol. The minimum atomic E-state index is -1.51. The van der Waals surface area contributed by atoms with E-state index < -0.39 is 10.8 Å². The van der Waals surface area contributed by atoms with Gasteiger partial charge in [-0.15, -0.1) is 0 Å². The second kappa shape index (κ2) is 3.45. The van der Waals surface area contributed by atoms with Crippen molar-refractivity contribution in [3.05, 3.63) is 12.2 Å². The Balaban J connectivity index is 1.75. The van der Waals surface area contributed by atoms with Crippen molar-refractivity contribution in [3.8, 4) is 24.3 Å². The Morgan fingerprint density at radius 3 is 1.35 bits per heavy atom. The van der Waals surface area contributed by atoms with Crippen LogP contribution >= 0.6 is 0 Å². The highest BCUT2D eigenvalue weighted by molar-refractivity contribution is 5.55. The number of hydrogen-bond donors (Lipinski definition) is 0. The van der Waals surface area contributed by atoms with Crippen LogP contribution in [0.5, 0.6) is 0 Å². The smallest absolute Gasteiger partial charge is 0.182 e. The number of hydrogen-bond acceptors (Lipinski definition) is 4. The molecule has 1 spiro atoms. The van der Waals surface area contributed by atoms with Crippen LogP contribution in [0.25, 0.3) is 0 Å². The van der Waals surface area contributed by atoms with E-state index in [1.165, 1.54) is 25.7 Å². The fourth-order valence-electron chi connectivity index (χ4n) is 6.81. The Labute approximate surface area is 135 Å². The van der Waals surface area contributed by atoms with Gasteiger partial charge in [0.15, 0.2) is 10.8 Å². The lowest BCUT2D eigenvalue weighted by atomic mass is 9.61. The van der Waals surface area contributed by atoms with E-state index in [1.807, 2.05) is 12.2 Å². The van der Waals surface area contributed by atoms with Crippen molar-refractivity contribution in [2.75, 3.05) is 0 Å². The third kappa shape index (κ3) is 0.996. The van der Waals surface area contributed by atoms with Gasteiger partial charge in [0.25, 0.3) is 0 Å². The number of nitriles is 4. The zero-order valence-electron chi connectivity index (χ0n) is 12.8. The molecule has 0 aromatic heterocycles. The summed E-state index contributed by atoms with van der Waals surface area (Å²) in [6, 6.07) is 8.58. The molecule has 5 aliphatic rings. The molecule has 4 fully saturated rings. The van der Waals surface area contributed by atoms with Crippen LogP contribution < -0.4 is 0 Å². The summed E-state index contributed by atoms with van der Waals surface area (Å²) in [4.78, 5) is 0. The van der Waals surface area contributed by atoms with E-state index in [1.54, 1.807) is 0 Å². The van der Waals surface area contributed by atoms with Gasteiger partial charge in [-0.05, 0) is 54.8 Å². The van der Waals surface area contributed by atoms with Crippen LogP contribution in [0.1, 0.15) is 32.1 Å². The highest BCUT2D eigenvalue weighted by Gasteiger charge is 2.92. The summed E-state index contributed by atoms with van der Waals surface area (Å²) >= 11 is 0. The highest BCUT2D eigenvalue weighted by atomic mass is 14.9. The molecule has 4 heteroatoms. The fourth-order valence-corrected chi connectivity index (χ4v) is 6.81. The van der Waals surface area contributed by atoms with E-state index in [-0.39, 0.29) is 22.7 Å². The standard InChI is InChI=1S/C19H16N4/c20-8-16(9-21)14-5-6-15(17(16,10-22)11-23)19(14)7-18(19,12-1-2-12)13-3-4-13/h5-6,12-15H,1-4,7H2. The molecule has 112 valence electrons. The minimum absolute atomic E-state index is 0.174. The molecule has 4 nitrogen and oxygen atoms in total. The predicted molar refractivity (Wildman–Crippen MR) is 78.4 cm³/mol. The lowest BCUT2D eigenvalue weighted by Gasteiger charge is -2.31. The van der Waals surface area contributed by atoms with Crippen molar-refractivity contribution >= 4 is 0 Å². The summed E-state index contributed by atoms with van der Waals surface area (Å²) in [5.74, 6) is 0.859. The maximum Gasteiger partial charge on any atom is 0.182 e. The number of rotatable bonds is 2. The molecule has 23 heavy (non-hydrogen) atoms. The quantitative estimate of drug-likeness (QED) is 0.732. The van der Waals surface area contributed by atoms with Crippen molar-refractivity contribution < 1.29 is 0 Å². The molecule has 0 radical (unpaired) electrons. The largest absolute Gasteiger partial charge is 0.196 e. The Bertz CT molecular complexity index is 727. The SMILES string of the molecule is N#CC1(C#N)C2C=CC(C1(C#N)C#N)C21CC1(C1CC1)C1CC1. The van der Waals surface area contributed by atoms with Crippen molar-refractivity contribution in [1.82, 2.24) is 0 Å². The molecule has 0 aromatic carbocycles. The van der Waals surface area contributed by atoms with Crippen LogP contribution in [-0.4, -0.2) is 0 Å². The summed E-state index contributed by atoms with van der Waals surface area (Å²) in [6.45, 7) is 0. The molecular weight excluding hydrogens is 284 g/mol. The first-order valence-corrected chi connectivity index (χ1v) is 8.47. The van der Waals surface area contributed by atoms with Crippen LogP contribution in [0, 0.1) is 90.7 Å². The van der Waals surface area contributed by atoms with Gasteiger partial charge in [-0.25, -0.2) is 0 Å². The molecule has 0 N–H and O–H groups in total. The first kappa shape index (κ1) is 13.2. The molecule has 0 amide bonds. The zero-order valence-corrected chi connectivity index (χ0v) is 12.8. The summed E-state index contributed by atoms with van der Waals surface area (Å²) in [5.41, 5.74) is -3.00. The summed E-state index contributed by atoms with van der Waals surface area (Å²) in [5, 5.41) is 39.5. The van der Waals surface area contributed by atoms with Crippen LogP contribution in [0.4, 0.5) is 0 Å². The van der Waals surface area contributed by atoms with Gasteiger partial charge in [-0.1, -0.05) is 12.2 Å². The van der Waals surface area contributed by atoms with Crippen LogP contribution in [0.3, 0.4) is 0 Å². The Kier molecular flexibility index (Phi) is 1.97. The summed E-state index contributed by atoms with van der Waals surface area (Å²) in [6.07, 6.45) is 9.93. The van der Waals surface area contributed by atoms with E-state index in [0.717, 1.165) is 6.42 Å². The zero-order chi connectivity index (χ0) is 16.1. The maximum atomic E-state index is 9.87. The predicted octanol–water partition coefficient (Wildman–Crippen LogP) is 3.07. The van der Waals surface area contributed by atoms with Crippen molar-refractivity contribution in [2.24, 2.45) is 45.3 Å². The molecule has 5 rings (SSSR count). The Hall–Kier alpha value is -2.30. The topological polar surface area (TPSA) is 95.2 Å². The molecule has 5 aliphatic carbocycles. The van der Waals surface area contributed by atoms with Crippen LogP contribution in [0.15, 0.2) is 12.2 Å². The maximum absolute atomic E-state index is 9.87. The molecular formula is C19H16N4. The van der Waals surface area contributed by atoms with Crippen molar-refractivity contribution in [3.63, 3.8) is 0 Å². The average Bonchev–Trinajstić information content (AvgIpc) is 3.43. The molecule has 0 saturated heterocycles. The van der Waals surface area contributed by atoms with Crippen molar-refractivity contribution in [1.29, 1.82) is 21.0 Å². The molecule has 4 saturated carbocycles.